The fraction of sp³-hybridized carbons (Fsp3) is 0.545. The van der Waals surface area contributed by atoms with E-state index < -0.39 is 38.4 Å². The number of amides is 1. The first kappa shape index (κ1) is 49.8. The molecule has 0 bridgehead atoms. The van der Waals surface area contributed by atoms with Gasteiger partial charge in [-0.3, -0.25) is 4.79 Å². The highest BCUT2D eigenvalue weighted by atomic mass is 32.5. The van der Waals surface area contributed by atoms with Gasteiger partial charge in [0.05, 0.1) is 50.9 Å². The molecule has 0 aliphatic heterocycles. The van der Waals surface area contributed by atoms with Crippen LogP contribution in [0.3, 0.4) is 0 Å². The van der Waals surface area contributed by atoms with Crippen LogP contribution in [-0.2, 0) is 0 Å². The summed E-state index contributed by atoms with van der Waals surface area (Å²) in [6.07, 6.45) is 9.06. The summed E-state index contributed by atoms with van der Waals surface area (Å²) >= 11 is 0. The molecule has 10 nitrogen and oxygen atoms in total. The summed E-state index contributed by atoms with van der Waals surface area (Å²) in [4.78, 5) is 25.5. The largest absolute Gasteiger partial charge is 0.490 e. The quantitative estimate of drug-likeness (QED) is 0.0315. The number of rotatable bonds is 29. The summed E-state index contributed by atoms with van der Waals surface area (Å²) in [6.45, 7) is 13.6. The number of halogens is 5. The van der Waals surface area contributed by atoms with Crippen molar-refractivity contribution >= 4 is 27.8 Å². The average Bonchev–Trinajstić information content (AvgIpc) is 3.19. The number of carbonyl (C=O) groups is 2. The Bertz CT molecular complexity index is 1780. The third kappa shape index (κ3) is 15.8. The number of anilines is 1. The van der Waals surface area contributed by atoms with Gasteiger partial charge in [0.1, 0.15) is 4.90 Å². The minimum atomic E-state index is -10.3. The molecule has 3 aromatic carbocycles. The second-order valence-corrected chi connectivity index (χ2v) is 16.7. The van der Waals surface area contributed by atoms with Gasteiger partial charge in [0.2, 0.25) is 11.5 Å². The van der Waals surface area contributed by atoms with Gasteiger partial charge in [-0.05, 0) is 74.9 Å². The lowest BCUT2D eigenvalue weighted by Gasteiger charge is -2.40. The molecule has 1 N–H and O–H groups in total. The van der Waals surface area contributed by atoms with Crippen LogP contribution in [0.2, 0.25) is 0 Å². The van der Waals surface area contributed by atoms with Crippen LogP contribution in [0.4, 0.5) is 25.1 Å². The smallest absolute Gasteiger partial charge is 0.343 e. The molecule has 0 atom stereocenters. The second kappa shape index (κ2) is 22.8. The number of esters is 1. The molecule has 338 valence electrons. The summed E-state index contributed by atoms with van der Waals surface area (Å²) in [5.74, 6) is -1.91. The zero-order valence-electron chi connectivity index (χ0n) is 35.7. The van der Waals surface area contributed by atoms with E-state index in [1.165, 1.54) is 24.3 Å². The van der Waals surface area contributed by atoms with E-state index in [2.05, 4.69) is 5.32 Å². The zero-order valence-corrected chi connectivity index (χ0v) is 36.6. The lowest BCUT2D eigenvalue weighted by Crippen LogP contribution is -2.17. The number of carbonyl (C=O) groups excluding carboxylic acids is 2. The van der Waals surface area contributed by atoms with Gasteiger partial charge in [0.15, 0.2) is 28.7 Å². The van der Waals surface area contributed by atoms with Gasteiger partial charge in [0.25, 0.3) is 5.91 Å². The Hall–Kier alpha value is -4.60. The molecule has 0 spiro atoms. The molecule has 0 unspecified atom stereocenters. The van der Waals surface area contributed by atoms with Crippen molar-refractivity contribution in [1.29, 1.82) is 0 Å². The first-order valence-electron chi connectivity index (χ1n) is 21.0. The molecule has 0 radical (unpaired) electrons. The maximum absolute atomic E-state index is 14.2. The molecule has 0 saturated carbocycles. The van der Waals surface area contributed by atoms with E-state index in [0.29, 0.717) is 70.3 Å². The van der Waals surface area contributed by atoms with Gasteiger partial charge in [-0.25, -0.2) is 4.79 Å². The van der Waals surface area contributed by atoms with Crippen LogP contribution in [0.1, 0.15) is 139 Å². The van der Waals surface area contributed by atoms with Crippen molar-refractivity contribution in [2.45, 2.75) is 123 Å². The Morgan fingerprint density at radius 2 is 0.833 bits per heavy atom. The van der Waals surface area contributed by atoms with Crippen molar-refractivity contribution in [3.63, 3.8) is 0 Å². The Morgan fingerprint density at radius 1 is 0.483 bits per heavy atom. The predicted octanol–water partition coefficient (Wildman–Crippen LogP) is 13.9. The van der Waals surface area contributed by atoms with Crippen molar-refractivity contribution in [3.8, 4) is 40.2 Å². The Balaban J connectivity index is 2.15. The number of unbranched alkanes of at least 4 members (excludes halogenated alkanes) is 6. The maximum Gasteiger partial charge on any atom is 0.343 e. The molecule has 3 aromatic rings. The van der Waals surface area contributed by atoms with Crippen molar-refractivity contribution in [2.75, 3.05) is 45.0 Å². The van der Waals surface area contributed by atoms with Crippen molar-refractivity contribution in [3.05, 3.63) is 53.6 Å². The Kier molecular flexibility index (Phi) is 18.9. The normalized spacial score (nSPS) is 12.5. The maximum atomic E-state index is 14.2. The molecule has 0 aromatic heterocycles. The number of hydrogen-bond donors (Lipinski definition) is 1. The number of ether oxygens (including phenoxy) is 7. The fourth-order valence-electron chi connectivity index (χ4n) is 5.34. The molecule has 3 rings (SSSR count). The fourth-order valence-corrected chi connectivity index (χ4v) is 6.00. The van der Waals surface area contributed by atoms with Gasteiger partial charge >= 0.3 is 16.2 Å². The number of benzene rings is 3. The first-order chi connectivity index (χ1) is 28.5. The molecular formula is C44H62F5NO9S. The molecule has 1 amide bonds. The minimum Gasteiger partial charge on any atom is -0.490 e. The summed E-state index contributed by atoms with van der Waals surface area (Å²) < 4.78 is 113. The van der Waals surface area contributed by atoms with E-state index in [9.17, 15) is 29.0 Å². The van der Waals surface area contributed by atoms with E-state index in [1.807, 2.05) is 41.5 Å². The monoisotopic (exact) mass is 875 g/mol. The van der Waals surface area contributed by atoms with E-state index in [0.717, 1.165) is 44.9 Å². The summed E-state index contributed by atoms with van der Waals surface area (Å²) in [5, 5.41) is 2.44. The lowest BCUT2D eigenvalue weighted by molar-refractivity contribution is 0.0732. The van der Waals surface area contributed by atoms with Crippen LogP contribution in [0, 0.1) is 0 Å². The van der Waals surface area contributed by atoms with E-state index >= 15 is 0 Å². The Morgan fingerprint density at radius 3 is 1.18 bits per heavy atom. The lowest BCUT2D eigenvalue weighted by atomic mass is 10.1. The van der Waals surface area contributed by atoms with E-state index in [-0.39, 0.29) is 65.2 Å². The van der Waals surface area contributed by atoms with Crippen molar-refractivity contribution in [1.82, 2.24) is 0 Å². The molecule has 0 fully saturated rings. The van der Waals surface area contributed by atoms with Crippen LogP contribution < -0.4 is 38.5 Å². The van der Waals surface area contributed by atoms with Crippen LogP contribution in [0.25, 0.3) is 0 Å². The topological polar surface area (TPSA) is 111 Å². The Labute approximate surface area is 351 Å². The van der Waals surface area contributed by atoms with Crippen molar-refractivity contribution < 1.29 is 62.2 Å². The van der Waals surface area contributed by atoms with Crippen molar-refractivity contribution in [2.24, 2.45) is 0 Å². The highest BCUT2D eigenvalue weighted by Gasteiger charge is 2.65. The molecule has 0 aliphatic carbocycles. The number of hydrogen-bond acceptors (Lipinski definition) is 9. The highest BCUT2D eigenvalue weighted by molar-refractivity contribution is 8.45. The van der Waals surface area contributed by atoms with Crippen LogP contribution >= 0.6 is 10.2 Å². The zero-order chi connectivity index (χ0) is 44.2. The van der Waals surface area contributed by atoms with Crippen LogP contribution in [0.5, 0.6) is 40.2 Å². The average molecular weight is 876 g/mol. The highest BCUT2D eigenvalue weighted by Crippen LogP contribution is 3.02. The van der Waals surface area contributed by atoms with Gasteiger partial charge in [-0.1, -0.05) is 99.5 Å². The molecule has 60 heavy (non-hydrogen) atoms. The molecule has 0 aliphatic rings. The third-order valence-corrected chi connectivity index (χ3v) is 10.0. The summed E-state index contributed by atoms with van der Waals surface area (Å²) in [5.41, 5.74) is -0.777. The van der Waals surface area contributed by atoms with Crippen LogP contribution in [-0.4, -0.2) is 51.5 Å². The third-order valence-electron chi connectivity index (χ3n) is 8.90. The minimum absolute atomic E-state index is 0.00212. The van der Waals surface area contributed by atoms with Gasteiger partial charge in [-0.15, -0.1) is 0 Å². The summed E-state index contributed by atoms with van der Waals surface area (Å²) in [7, 11) is -10.3. The molecule has 0 saturated heterocycles. The second-order valence-electron chi connectivity index (χ2n) is 14.3. The molecule has 16 heteroatoms. The van der Waals surface area contributed by atoms with E-state index in [1.54, 1.807) is 0 Å². The number of nitrogens with one attached hydrogen (secondary N) is 1. The SMILES string of the molecule is CCCCOc1cc(C(=O)Nc2ccc(S(F)(F)(F)(F)F)cc2OC(=O)c2cc(OCCCC)c(OCCCC)c(OCCCC)c2)cc(OCCCC)c1OCCCC. The molecular weight excluding hydrogens is 814 g/mol. The first-order valence-corrected chi connectivity index (χ1v) is 23.0. The van der Waals surface area contributed by atoms with Crippen LogP contribution in [0.15, 0.2) is 47.4 Å². The predicted molar refractivity (Wildman–Crippen MR) is 226 cm³/mol. The summed E-state index contributed by atoms with van der Waals surface area (Å²) in [6, 6.07) is 6.12. The molecule has 0 heterocycles. The van der Waals surface area contributed by atoms with Gasteiger partial charge in [-0.2, -0.15) is 0 Å². The van der Waals surface area contributed by atoms with Gasteiger partial charge in [0, 0.05) is 11.6 Å². The van der Waals surface area contributed by atoms with Gasteiger partial charge < -0.3 is 38.5 Å². The van der Waals surface area contributed by atoms with E-state index in [4.69, 9.17) is 33.2 Å². The standard InChI is InChI=1S/C44H62F5NO9S/c1-7-13-21-53-37-27-32(28-38(54-22-14-8-2)41(37)57-25-17-11-5)43(51)50-35-20-19-34(60(45,46,47,48)49)31-36(35)59-44(52)33-29-39(55-23-15-9-3)42(58-26-18-12-6)40(30-33)56-24-16-10-4/h19-20,27-31H,7-18,21-26H2,1-6H3,(H,50,51).